The molecule has 3 rings (SSSR count). The molecule has 1 saturated heterocycles. The molecule has 1 fully saturated rings. The number of rotatable bonds is 9. The van der Waals surface area contributed by atoms with E-state index in [1.165, 1.54) is 0 Å². The molecule has 34 heavy (non-hydrogen) atoms. The van der Waals surface area contributed by atoms with Crippen LogP contribution in [0, 0.1) is 0 Å². The molecule has 1 amide bonds. The lowest BCUT2D eigenvalue weighted by Crippen LogP contribution is -2.54. The summed E-state index contributed by atoms with van der Waals surface area (Å²) in [6.07, 6.45) is 0.750. The maximum atomic E-state index is 13.5. The number of nitrogens with two attached hydrogens (primary N) is 2. The van der Waals surface area contributed by atoms with Crippen LogP contribution in [-0.2, 0) is 14.8 Å². The predicted octanol–water partition coefficient (Wildman–Crippen LogP) is 0.380. The maximum Gasteiger partial charge on any atom is 0.241 e. The fourth-order valence-electron chi connectivity index (χ4n) is 4.12. The Morgan fingerprint density at radius 3 is 2.38 bits per heavy atom. The molecule has 0 radical (unpaired) electrons. The Kier molecular flexibility index (Phi) is 8.34. The van der Waals surface area contributed by atoms with E-state index in [1.54, 1.807) is 23.1 Å². The van der Waals surface area contributed by atoms with Crippen molar-refractivity contribution in [3.05, 3.63) is 36.4 Å². The molecule has 1 aliphatic rings. The zero-order chi connectivity index (χ0) is 24.9. The molecule has 11 heteroatoms. The third kappa shape index (κ3) is 6.16. The van der Waals surface area contributed by atoms with Gasteiger partial charge in [0.15, 0.2) is 5.96 Å². The van der Waals surface area contributed by atoms with Crippen molar-refractivity contribution in [1.82, 2.24) is 14.5 Å². The lowest BCUT2D eigenvalue weighted by molar-refractivity contribution is -0.134. The number of fused-ring (bicyclic) bond motifs is 1. The number of benzene rings is 2. The number of guanidine groups is 1. The quantitative estimate of drug-likeness (QED) is 0.263. The van der Waals surface area contributed by atoms with Crippen LogP contribution in [0.1, 0.15) is 12.8 Å². The molecule has 0 aromatic heterocycles. The standard InChI is InChI=1S/C23H35N7O3S/c1-28(2)20-10-4-8-18-17(20)7-5-11-21(18)34(32,33)27-19(9-6-12-26-23(24)25)22(31)30-15-13-29(3)14-16-30/h4-5,7-8,10-11,19,27H,6,9,12-16H2,1-3H3,(H4,24,25,26)/t19-/m0/s1. The second-order valence-corrected chi connectivity index (χ2v) is 10.5. The maximum absolute atomic E-state index is 13.5. The fraction of sp³-hybridized carbons (Fsp3) is 0.478. The minimum atomic E-state index is -3.99. The second-order valence-electron chi connectivity index (χ2n) is 8.77. The highest BCUT2D eigenvalue weighted by atomic mass is 32.2. The molecular formula is C23H35N7O3S. The summed E-state index contributed by atoms with van der Waals surface area (Å²) in [4.78, 5) is 23.2. The van der Waals surface area contributed by atoms with Gasteiger partial charge >= 0.3 is 0 Å². The molecular weight excluding hydrogens is 454 g/mol. The number of aliphatic imine (C=N–C) groups is 1. The number of sulfonamides is 1. The van der Waals surface area contributed by atoms with E-state index in [1.807, 2.05) is 44.2 Å². The van der Waals surface area contributed by atoms with Crippen molar-refractivity contribution < 1.29 is 13.2 Å². The van der Waals surface area contributed by atoms with Crippen LogP contribution in [0.5, 0.6) is 0 Å². The van der Waals surface area contributed by atoms with E-state index in [4.69, 9.17) is 11.5 Å². The highest BCUT2D eigenvalue weighted by Gasteiger charge is 2.31. The second kappa shape index (κ2) is 11.0. The zero-order valence-corrected chi connectivity index (χ0v) is 20.9. The zero-order valence-electron chi connectivity index (χ0n) is 20.1. The first-order chi connectivity index (χ1) is 16.1. The number of carbonyl (C=O) groups is 1. The van der Waals surface area contributed by atoms with Gasteiger partial charge in [-0.25, -0.2) is 8.42 Å². The van der Waals surface area contributed by atoms with E-state index in [9.17, 15) is 13.2 Å². The first-order valence-electron chi connectivity index (χ1n) is 11.3. The Morgan fingerprint density at radius 2 is 1.74 bits per heavy atom. The minimum absolute atomic E-state index is 0.0324. The first-order valence-corrected chi connectivity index (χ1v) is 12.8. The summed E-state index contributed by atoms with van der Waals surface area (Å²) < 4.78 is 29.8. The first kappa shape index (κ1) is 25.7. The number of hydrogen-bond donors (Lipinski definition) is 3. The number of anilines is 1. The lowest BCUT2D eigenvalue weighted by atomic mass is 10.1. The van der Waals surface area contributed by atoms with Crippen LogP contribution in [0.15, 0.2) is 46.3 Å². The molecule has 0 unspecified atom stereocenters. The van der Waals surface area contributed by atoms with Gasteiger partial charge in [-0.15, -0.1) is 0 Å². The summed E-state index contributed by atoms with van der Waals surface area (Å²) in [5.74, 6) is -0.259. The van der Waals surface area contributed by atoms with Gasteiger partial charge in [0.1, 0.15) is 6.04 Å². The van der Waals surface area contributed by atoms with Gasteiger partial charge in [0.2, 0.25) is 15.9 Å². The molecule has 0 saturated carbocycles. The third-order valence-electron chi connectivity index (χ3n) is 5.99. The van der Waals surface area contributed by atoms with Crippen LogP contribution in [0.4, 0.5) is 5.69 Å². The Balaban J connectivity index is 1.90. The summed E-state index contributed by atoms with van der Waals surface area (Å²) >= 11 is 0. The summed E-state index contributed by atoms with van der Waals surface area (Å²) in [7, 11) is 1.84. The molecule has 0 aliphatic carbocycles. The van der Waals surface area contributed by atoms with Gasteiger partial charge in [0, 0.05) is 63.3 Å². The normalized spacial score (nSPS) is 15.8. The number of nitrogens with zero attached hydrogens (tertiary/aromatic N) is 4. The number of likely N-dealkylation sites (N-methyl/N-ethyl adjacent to an activating group) is 1. The van der Waals surface area contributed by atoms with Crippen molar-refractivity contribution in [2.24, 2.45) is 16.5 Å². The SMILES string of the molecule is CN1CCN(C(=O)[C@H](CCCN=C(N)N)NS(=O)(=O)c2cccc3c(N(C)C)cccc23)CC1. The van der Waals surface area contributed by atoms with E-state index in [2.05, 4.69) is 14.6 Å². The molecule has 2 aromatic rings. The number of amides is 1. The fourth-order valence-corrected chi connectivity index (χ4v) is 5.57. The Bertz CT molecular complexity index is 1140. The van der Waals surface area contributed by atoms with Gasteiger partial charge in [0.25, 0.3) is 0 Å². The highest BCUT2D eigenvalue weighted by Crippen LogP contribution is 2.30. The molecule has 1 heterocycles. The van der Waals surface area contributed by atoms with Gasteiger partial charge in [-0.1, -0.05) is 24.3 Å². The minimum Gasteiger partial charge on any atom is -0.377 e. The van der Waals surface area contributed by atoms with Crippen LogP contribution in [0.2, 0.25) is 0 Å². The van der Waals surface area contributed by atoms with E-state index in [-0.39, 0.29) is 23.2 Å². The van der Waals surface area contributed by atoms with Crippen LogP contribution in [0.3, 0.4) is 0 Å². The summed E-state index contributed by atoms with van der Waals surface area (Å²) in [6, 6.07) is 9.84. The third-order valence-corrected chi connectivity index (χ3v) is 7.52. The Morgan fingerprint density at radius 1 is 1.09 bits per heavy atom. The van der Waals surface area contributed by atoms with Crippen molar-refractivity contribution in [2.75, 3.05) is 58.8 Å². The molecule has 186 valence electrons. The average molecular weight is 490 g/mol. The van der Waals surface area contributed by atoms with E-state index < -0.39 is 16.1 Å². The van der Waals surface area contributed by atoms with Gasteiger partial charge in [-0.05, 0) is 32.0 Å². The van der Waals surface area contributed by atoms with Gasteiger partial charge in [-0.2, -0.15) is 4.72 Å². The van der Waals surface area contributed by atoms with Gasteiger partial charge in [-0.3, -0.25) is 9.79 Å². The van der Waals surface area contributed by atoms with Crippen molar-refractivity contribution in [3.8, 4) is 0 Å². The Hall–Kier alpha value is -2.89. The molecule has 10 nitrogen and oxygen atoms in total. The van der Waals surface area contributed by atoms with Crippen LogP contribution in [-0.4, -0.2) is 90.0 Å². The van der Waals surface area contributed by atoms with Crippen LogP contribution >= 0.6 is 0 Å². The molecule has 5 N–H and O–H groups in total. The average Bonchev–Trinajstić information content (AvgIpc) is 2.80. The molecule has 2 aromatic carbocycles. The molecule has 0 spiro atoms. The topological polar surface area (TPSA) is 137 Å². The molecule has 1 atom stereocenters. The molecule has 0 bridgehead atoms. The van der Waals surface area contributed by atoms with Crippen LogP contribution < -0.4 is 21.1 Å². The van der Waals surface area contributed by atoms with Crippen molar-refractivity contribution in [1.29, 1.82) is 0 Å². The summed E-state index contributed by atoms with van der Waals surface area (Å²) in [5, 5.41) is 1.43. The van der Waals surface area contributed by atoms with Crippen molar-refractivity contribution in [3.63, 3.8) is 0 Å². The highest BCUT2D eigenvalue weighted by molar-refractivity contribution is 7.89. The van der Waals surface area contributed by atoms with E-state index in [0.717, 1.165) is 24.2 Å². The van der Waals surface area contributed by atoms with Crippen molar-refractivity contribution >= 4 is 38.3 Å². The summed E-state index contributed by atoms with van der Waals surface area (Å²) in [6.45, 7) is 2.92. The van der Waals surface area contributed by atoms with Crippen LogP contribution in [0.25, 0.3) is 10.8 Å². The van der Waals surface area contributed by atoms with Crippen molar-refractivity contribution in [2.45, 2.75) is 23.8 Å². The van der Waals surface area contributed by atoms with Gasteiger partial charge in [0.05, 0.1) is 4.90 Å². The lowest BCUT2D eigenvalue weighted by Gasteiger charge is -2.34. The largest absolute Gasteiger partial charge is 0.377 e. The Labute approximate surface area is 201 Å². The molecule has 1 aliphatic heterocycles. The predicted molar refractivity (Wildman–Crippen MR) is 136 cm³/mol. The number of carbonyl (C=O) groups excluding carboxylic acids is 1. The number of piperazine rings is 1. The number of nitrogens with one attached hydrogen (secondary N) is 1. The summed E-state index contributed by atoms with van der Waals surface area (Å²) in [5.41, 5.74) is 11.7. The van der Waals surface area contributed by atoms with E-state index in [0.29, 0.717) is 31.4 Å². The monoisotopic (exact) mass is 489 g/mol. The van der Waals surface area contributed by atoms with Gasteiger partial charge < -0.3 is 26.2 Å². The van der Waals surface area contributed by atoms with E-state index >= 15 is 0 Å². The number of hydrogen-bond acceptors (Lipinski definition) is 6. The smallest absolute Gasteiger partial charge is 0.241 e.